The lowest BCUT2D eigenvalue weighted by molar-refractivity contribution is 0.0521. The molecule has 0 saturated carbocycles. The Morgan fingerprint density at radius 2 is 2.19 bits per heavy atom. The molecular weight excluding hydrogens is 268 g/mol. The number of carbonyl (C=O) groups is 1. The Bertz CT molecular complexity index is 437. The van der Waals surface area contributed by atoms with Crippen LogP contribution in [0.15, 0.2) is 6.20 Å². The van der Waals surface area contributed by atoms with E-state index < -0.39 is 5.60 Å². The van der Waals surface area contributed by atoms with Gasteiger partial charge in [0.2, 0.25) is 0 Å². The Kier molecular flexibility index (Phi) is 6.68. The second-order valence-corrected chi connectivity index (χ2v) is 6.24. The molecule has 3 N–H and O–H groups in total. The highest BCUT2D eigenvalue weighted by atomic mass is 16.6. The second-order valence-electron chi connectivity index (χ2n) is 6.24. The van der Waals surface area contributed by atoms with Gasteiger partial charge in [-0.3, -0.25) is 0 Å². The molecule has 1 amide bonds. The third-order valence-corrected chi connectivity index (χ3v) is 2.87. The third kappa shape index (κ3) is 7.70. The van der Waals surface area contributed by atoms with Gasteiger partial charge in [0, 0.05) is 31.0 Å². The van der Waals surface area contributed by atoms with Crippen LogP contribution in [0.2, 0.25) is 0 Å². The van der Waals surface area contributed by atoms with Crippen molar-refractivity contribution in [3.05, 3.63) is 17.7 Å². The van der Waals surface area contributed by atoms with E-state index in [4.69, 9.17) is 4.74 Å². The van der Waals surface area contributed by atoms with Crippen LogP contribution >= 0.6 is 0 Å². The number of aromatic nitrogens is 2. The molecule has 0 aromatic carbocycles. The number of imidazole rings is 1. The highest BCUT2D eigenvalue weighted by Gasteiger charge is 2.17. The molecule has 6 heteroatoms. The summed E-state index contributed by atoms with van der Waals surface area (Å²) in [6, 6.07) is 0.214. The summed E-state index contributed by atoms with van der Waals surface area (Å²) in [5, 5.41) is 6.24. The Balaban J connectivity index is 2.37. The number of hydrogen-bond acceptors (Lipinski definition) is 4. The number of aromatic amines is 1. The van der Waals surface area contributed by atoms with Gasteiger partial charge in [0.25, 0.3) is 0 Å². The topological polar surface area (TPSA) is 79.0 Å². The largest absolute Gasteiger partial charge is 0.444 e. The maximum Gasteiger partial charge on any atom is 0.407 e. The summed E-state index contributed by atoms with van der Waals surface area (Å²) >= 11 is 0. The van der Waals surface area contributed by atoms with Crippen LogP contribution in [0.5, 0.6) is 0 Å². The molecule has 0 saturated heterocycles. The maximum absolute atomic E-state index is 11.7. The van der Waals surface area contributed by atoms with Crippen LogP contribution in [-0.2, 0) is 11.3 Å². The number of H-pyrrole nitrogens is 1. The van der Waals surface area contributed by atoms with E-state index in [0.29, 0.717) is 13.1 Å². The molecule has 1 unspecified atom stereocenters. The van der Waals surface area contributed by atoms with Crippen molar-refractivity contribution in [3.63, 3.8) is 0 Å². The standard InChI is InChI=1S/C15H28N4O2/c1-6-7-12(8-18-14(20)21-15(3,4)5)17-10-13-9-16-11(2)19-13/h9,12,17H,6-8,10H2,1-5H3,(H,16,19)(H,18,20). The first-order chi connectivity index (χ1) is 9.80. The number of carbonyl (C=O) groups excluding carboxylic acids is 1. The van der Waals surface area contributed by atoms with E-state index in [1.54, 1.807) is 0 Å². The van der Waals surface area contributed by atoms with E-state index in [1.165, 1.54) is 0 Å². The Hall–Kier alpha value is -1.56. The van der Waals surface area contributed by atoms with Crippen molar-refractivity contribution in [2.45, 2.75) is 65.6 Å². The van der Waals surface area contributed by atoms with Crippen molar-refractivity contribution in [1.82, 2.24) is 20.6 Å². The predicted octanol–water partition coefficient (Wildman–Crippen LogP) is 2.50. The molecule has 1 rings (SSSR count). The molecule has 0 aliphatic carbocycles. The van der Waals surface area contributed by atoms with Gasteiger partial charge in [-0.2, -0.15) is 0 Å². The average Bonchev–Trinajstić information content (AvgIpc) is 2.76. The Labute approximate surface area is 127 Å². The monoisotopic (exact) mass is 296 g/mol. The van der Waals surface area contributed by atoms with Crippen LogP contribution < -0.4 is 10.6 Å². The predicted molar refractivity (Wildman–Crippen MR) is 83.1 cm³/mol. The molecule has 1 aromatic rings. The molecular formula is C15H28N4O2. The zero-order chi connectivity index (χ0) is 15.9. The van der Waals surface area contributed by atoms with Crippen molar-refractivity contribution < 1.29 is 9.53 Å². The van der Waals surface area contributed by atoms with Gasteiger partial charge in [-0.15, -0.1) is 0 Å². The normalized spacial score (nSPS) is 13.0. The van der Waals surface area contributed by atoms with Crippen molar-refractivity contribution in [2.24, 2.45) is 0 Å². The number of nitrogens with zero attached hydrogens (tertiary/aromatic N) is 1. The van der Waals surface area contributed by atoms with Gasteiger partial charge in [-0.05, 0) is 34.1 Å². The minimum absolute atomic E-state index is 0.214. The van der Waals surface area contributed by atoms with E-state index in [9.17, 15) is 4.79 Å². The summed E-state index contributed by atoms with van der Waals surface area (Å²) in [6.07, 6.45) is 3.49. The molecule has 6 nitrogen and oxygen atoms in total. The summed E-state index contributed by atoms with van der Waals surface area (Å²) < 4.78 is 5.24. The fraction of sp³-hybridized carbons (Fsp3) is 0.733. The van der Waals surface area contributed by atoms with Crippen LogP contribution in [0, 0.1) is 6.92 Å². The quantitative estimate of drug-likeness (QED) is 0.722. The number of nitrogens with one attached hydrogen (secondary N) is 3. The molecule has 0 radical (unpaired) electrons. The number of hydrogen-bond donors (Lipinski definition) is 3. The average molecular weight is 296 g/mol. The minimum atomic E-state index is -0.467. The molecule has 0 bridgehead atoms. The van der Waals surface area contributed by atoms with Crippen LogP contribution in [0.25, 0.3) is 0 Å². The van der Waals surface area contributed by atoms with Crippen molar-refractivity contribution in [1.29, 1.82) is 0 Å². The van der Waals surface area contributed by atoms with Crippen molar-refractivity contribution in [2.75, 3.05) is 6.54 Å². The van der Waals surface area contributed by atoms with Crippen LogP contribution in [-0.4, -0.2) is 34.2 Å². The molecule has 0 fully saturated rings. The van der Waals surface area contributed by atoms with Gasteiger partial charge in [-0.1, -0.05) is 13.3 Å². The van der Waals surface area contributed by atoms with Gasteiger partial charge in [0.05, 0.1) is 0 Å². The maximum atomic E-state index is 11.7. The number of amides is 1. The molecule has 1 heterocycles. The molecule has 0 aliphatic heterocycles. The highest BCUT2D eigenvalue weighted by molar-refractivity contribution is 5.67. The molecule has 0 aliphatic rings. The molecule has 1 aromatic heterocycles. The zero-order valence-electron chi connectivity index (χ0n) is 13.7. The van der Waals surface area contributed by atoms with Crippen LogP contribution in [0.3, 0.4) is 0 Å². The highest BCUT2D eigenvalue weighted by Crippen LogP contribution is 2.06. The van der Waals surface area contributed by atoms with Crippen LogP contribution in [0.4, 0.5) is 4.79 Å². The number of rotatable bonds is 7. The Morgan fingerprint density at radius 1 is 1.48 bits per heavy atom. The first-order valence-corrected chi connectivity index (χ1v) is 7.51. The number of aryl methyl sites for hydroxylation is 1. The molecule has 0 spiro atoms. The smallest absolute Gasteiger partial charge is 0.407 e. The molecule has 1 atom stereocenters. The molecule has 21 heavy (non-hydrogen) atoms. The summed E-state index contributed by atoms with van der Waals surface area (Å²) in [4.78, 5) is 19.0. The van der Waals surface area contributed by atoms with E-state index in [2.05, 4.69) is 27.5 Å². The summed E-state index contributed by atoms with van der Waals surface area (Å²) in [5.74, 6) is 0.908. The fourth-order valence-corrected chi connectivity index (χ4v) is 1.96. The van der Waals surface area contributed by atoms with E-state index in [1.807, 2.05) is 33.9 Å². The van der Waals surface area contributed by atoms with Crippen molar-refractivity contribution >= 4 is 6.09 Å². The van der Waals surface area contributed by atoms with Gasteiger partial charge in [0.1, 0.15) is 11.4 Å². The van der Waals surface area contributed by atoms with Crippen molar-refractivity contribution in [3.8, 4) is 0 Å². The van der Waals surface area contributed by atoms with Gasteiger partial charge in [-0.25, -0.2) is 9.78 Å². The molecule has 120 valence electrons. The van der Waals surface area contributed by atoms with Crippen LogP contribution in [0.1, 0.15) is 52.1 Å². The lowest BCUT2D eigenvalue weighted by atomic mass is 10.1. The first-order valence-electron chi connectivity index (χ1n) is 7.51. The second kappa shape index (κ2) is 8.02. The van der Waals surface area contributed by atoms with Gasteiger partial charge >= 0.3 is 6.09 Å². The van der Waals surface area contributed by atoms with E-state index in [-0.39, 0.29) is 12.1 Å². The number of alkyl carbamates (subject to hydrolysis) is 1. The minimum Gasteiger partial charge on any atom is -0.444 e. The summed E-state index contributed by atoms with van der Waals surface area (Å²) in [7, 11) is 0. The SMILES string of the molecule is CCCC(CNC(=O)OC(C)(C)C)NCc1cnc(C)[nH]1. The summed E-state index contributed by atoms with van der Waals surface area (Å²) in [6.45, 7) is 10.9. The lowest BCUT2D eigenvalue weighted by Crippen LogP contribution is -2.42. The third-order valence-electron chi connectivity index (χ3n) is 2.87. The van der Waals surface area contributed by atoms with Gasteiger partial charge in [0.15, 0.2) is 0 Å². The van der Waals surface area contributed by atoms with Gasteiger partial charge < -0.3 is 20.4 Å². The fourth-order valence-electron chi connectivity index (χ4n) is 1.96. The van der Waals surface area contributed by atoms with E-state index >= 15 is 0 Å². The lowest BCUT2D eigenvalue weighted by Gasteiger charge is -2.22. The first kappa shape index (κ1) is 17.5. The Morgan fingerprint density at radius 3 is 2.71 bits per heavy atom. The van der Waals surface area contributed by atoms with E-state index in [0.717, 1.165) is 24.4 Å². The number of ether oxygens (including phenoxy) is 1. The summed E-state index contributed by atoms with van der Waals surface area (Å²) in [5.41, 5.74) is 0.580. The zero-order valence-corrected chi connectivity index (χ0v) is 13.7.